The van der Waals surface area contributed by atoms with Crippen molar-refractivity contribution in [2.75, 3.05) is 0 Å². The molecule has 1 aliphatic rings. The Balaban J connectivity index is -0.0000000550. The summed E-state index contributed by atoms with van der Waals surface area (Å²) in [6.45, 7) is 58.6. The van der Waals surface area contributed by atoms with Gasteiger partial charge < -0.3 is 0 Å². The van der Waals surface area contributed by atoms with Crippen LogP contribution in [0.1, 0.15) is 56.9 Å². The second kappa shape index (κ2) is 55.1. The van der Waals surface area contributed by atoms with E-state index in [9.17, 15) is 0 Å². The quantitative estimate of drug-likeness (QED) is 0.154. The Morgan fingerprint density at radius 2 is 0.667 bits per heavy atom. The van der Waals surface area contributed by atoms with E-state index in [1.807, 2.05) is 0 Å². The van der Waals surface area contributed by atoms with Crippen molar-refractivity contribution >= 4 is 21.0 Å². The number of hydrogen-bond donors (Lipinski definition) is 0. The van der Waals surface area contributed by atoms with Crippen molar-refractivity contribution in [1.29, 1.82) is 0 Å². The van der Waals surface area contributed by atoms with Gasteiger partial charge in [-0.3, -0.25) is 0 Å². The molecule has 0 N–H and O–H groups in total. The average molecular weight is 948 g/mol. The molecule has 0 aliphatic carbocycles. The molecule has 0 radical (unpaired) electrons. The van der Waals surface area contributed by atoms with Crippen LogP contribution in [0.5, 0.6) is 0 Å². The molecule has 0 bridgehead atoms. The molecule has 218 valence electrons. The van der Waals surface area contributed by atoms with Crippen molar-refractivity contribution in [3.8, 4) is 0 Å². The van der Waals surface area contributed by atoms with Crippen LogP contribution in [0.3, 0.4) is 0 Å². The van der Waals surface area contributed by atoms with E-state index in [1.165, 1.54) is 70.9 Å². The third-order valence-corrected chi connectivity index (χ3v) is 8.09. The minimum absolute atomic E-state index is 0. The summed E-state index contributed by atoms with van der Waals surface area (Å²) < 4.78 is 67.5. The van der Waals surface area contributed by atoms with Crippen molar-refractivity contribution in [3.05, 3.63) is 122 Å². The van der Waals surface area contributed by atoms with Crippen molar-refractivity contribution in [2.45, 2.75) is 55.4 Å². The molecule has 0 aromatic heterocycles. The summed E-state index contributed by atoms with van der Waals surface area (Å²) in [6, 6.07) is 4.63. The number of rotatable bonds is 1. The number of aryl methyl sites for hydroxylation is 3. The normalized spacial score (nSPS) is 14.9. The third-order valence-electron chi connectivity index (χ3n) is 4.80. The van der Waals surface area contributed by atoms with Gasteiger partial charge in [0, 0.05) is 47.4 Å². The van der Waals surface area contributed by atoms with E-state index in [0.29, 0.717) is 0 Å². The topological polar surface area (TPSA) is 179 Å². The summed E-state index contributed by atoms with van der Waals surface area (Å²) in [4.78, 5) is 0. The Bertz CT molecular complexity index is 1070. The van der Waals surface area contributed by atoms with Gasteiger partial charge >= 0.3 is 102 Å². The van der Waals surface area contributed by atoms with Crippen LogP contribution in [0.2, 0.25) is 0 Å². The van der Waals surface area contributed by atoms with Crippen LogP contribution in [0.25, 0.3) is 5.31 Å². The largest absolute Gasteiger partial charge is 0 e. The minimum Gasteiger partial charge on any atom is 0 e. The van der Waals surface area contributed by atoms with Crippen molar-refractivity contribution in [1.82, 2.24) is 0 Å². The third kappa shape index (κ3) is 28.2. The maximum atomic E-state index is 7.50. The molecular weight excluding hydrogens is 922 g/mol. The van der Waals surface area contributed by atoms with Crippen LogP contribution in [-0.4, -0.2) is 0 Å². The molecule has 2 rings (SSSR count). The van der Waals surface area contributed by atoms with E-state index >= 15 is 0 Å². The summed E-state index contributed by atoms with van der Waals surface area (Å²) in [6.07, 6.45) is 0. The van der Waals surface area contributed by atoms with E-state index in [2.05, 4.69) is 127 Å². The van der Waals surface area contributed by atoms with E-state index < -0.39 is 0 Å². The van der Waals surface area contributed by atoms with E-state index in [-0.39, 0.29) is 42.1 Å². The smallest absolute Gasteiger partial charge is 0 e. The molecule has 9 nitrogen and oxygen atoms in total. The van der Waals surface area contributed by atoms with Crippen LogP contribution in [0.4, 0.5) is 0 Å². The fourth-order valence-corrected chi connectivity index (χ4v) is 6.37. The van der Waals surface area contributed by atoms with Crippen LogP contribution < -0.4 is 0 Å². The van der Waals surface area contributed by atoms with Gasteiger partial charge in [-0.05, 0) is 115 Å². The van der Waals surface area contributed by atoms with Gasteiger partial charge in [0.05, 0.1) is 0 Å². The Morgan fingerprint density at radius 3 is 0.952 bits per heavy atom. The van der Waals surface area contributed by atoms with Gasteiger partial charge in [0.2, 0.25) is 0 Å². The monoisotopic (exact) mass is 948 g/mol. The van der Waals surface area contributed by atoms with Crippen molar-refractivity contribution < 1.29 is 84.0 Å². The first-order chi connectivity index (χ1) is 19.2. The predicted molar refractivity (Wildman–Crippen MR) is 139 cm³/mol. The Morgan fingerprint density at radius 1 is 0.405 bits per heavy atom. The summed E-state index contributed by atoms with van der Waals surface area (Å²) in [5.74, 6) is 0. The maximum Gasteiger partial charge on any atom is 0 e. The molecule has 1 aliphatic heterocycles. The van der Waals surface area contributed by atoms with E-state index in [1.54, 1.807) is 0 Å². The molecular formula is C29H26O9P2W2. The fourth-order valence-electron chi connectivity index (χ4n) is 3.08. The van der Waals surface area contributed by atoms with Gasteiger partial charge in [-0.2, -0.15) is 0 Å². The maximum absolute atomic E-state index is 7.50. The number of hydrogen-bond acceptors (Lipinski definition) is 0. The van der Waals surface area contributed by atoms with E-state index in [0.717, 1.165) is 0 Å². The second-order valence-corrected chi connectivity index (χ2v) is 9.13. The predicted octanol–water partition coefficient (Wildman–Crippen LogP) is 7.45. The van der Waals surface area contributed by atoms with Gasteiger partial charge in [0.15, 0.2) is 0 Å². The molecule has 1 aromatic rings. The standard InChI is InChI=1S/C20H26P2.9CO.2W/c1-11-9-12(2)19(13(3)10-11)20-17(7)15(5)14(4)16(6)18(8)21-22-20;9*1-2;;/h9-10H,1-8H3;;;;;;;;;;;/b15-14-,16-14?,17-15?,18-16-,20-17-;;;;;;;;;;;. The van der Waals surface area contributed by atoms with Gasteiger partial charge in [-0.25, -0.2) is 0 Å². The van der Waals surface area contributed by atoms with Crippen LogP contribution >= 0.6 is 15.7 Å². The van der Waals surface area contributed by atoms with Gasteiger partial charge in [-0.15, -0.1) is 0 Å². The molecule has 0 saturated carbocycles. The van der Waals surface area contributed by atoms with Crippen LogP contribution in [0.15, 0.2) is 39.7 Å². The summed E-state index contributed by atoms with van der Waals surface area (Å²) in [7, 11) is 2.81. The molecule has 42 heavy (non-hydrogen) atoms. The average Bonchev–Trinajstić information content (AvgIpc) is 3.05. The number of benzene rings is 1. The van der Waals surface area contributed by atoms with Gasteiger partial charge in [-0.1, -0.05) is 17.7 Å². The molecule has 0 unspecified atom stereocenters. The number of allylic oxidation sites excluding steroid dienone is 5. The van der Waals surface area contributed by atoms with Crippen LogP contribution in [-0.2, 0) is 84.0 Å². The summed E-state index contributed by atoms with van der Waals surface area (Å²) >= 11 is 0. The molecule has 1 heterocycles. The SMILES string of the molecule is CC1=C(C)/C(C)=C(C)\C(C)=C(c2c(C)cc(C)cc2C)/P=P\1.[C-]#[O+].[C-]#[O+].[C-]#[O+].[C-]#[O+].[C-]#[O+].[C-]#[O+].[C-]#[O+].[C-]#[O+].[C-]#[O+].[W].[W]. The Labute approximate surface area is 280 Å². The zero-order valence-corrected chi connectivity index (χ0v) is 31.7. The molecule has 1 aromatic carbocycles. The van der Waals surface area contributed by atoms with Crippen molar-refractivity contribution in [3.63, 3.8) is 0 Å². The van der Waals surface area contributed by atoms with Crippen LogP contribution in [0, 0.1) is 80.6 Å². The second-order valence-electron chi connectivity index (χ2n) is 6.41. The molecule has 0 atom stereocenters. The zero-order chi connectivity index (χ0) is 34.6. The molecule has 0 fully saturated rings. The summed E-state index contributed by atoms with van der Waals surface area (Å²) in [5, 5.41) is 2.99. The fraction of sp³-hybridized carbons (Fsp3) is 0.276. The van der Waals surface area contributed by atoms with Gasteiger partial charge in [0.1, 0.15) is 0 Å². The first kappa shape index (κ1) is 67.6. The minimum atomic E-state index is 0. The molecule has 0 spiro atoms. The first-order valence-corrected chi connectivity index (χ1v) is 12.1. The summed E-state index contributed by atoms with van der Waals surface area (Å²) in [5.41, 5.74) is 11.4. The Kier molecular flexibility index (Phi) is 88.7. The van der Waals surface area contributed by atoms with Crippen molar-refractivity contribution in [2.24, 2.45) is 0 Å². The Hall–Kier alpha value is -1.92. The molecule has 0 saturated heterocycles. The molecule has 13 heteroatoms. The zero-order valence-electron chi connectivity index (χ0n) is 24.0. The first-order valence-electron chi connectivity index (χ1n) is 9.64. The molecule has 0 amide bonds. The van der Waals surface area contributed by atoms with Gasteiger partial charge in [0.25, 0.3) is 0 Å². The van der Waals surface area contributed by atoms with E-state index in [4.69, 9.17) is 41.9 Å².